The van der Waals surface area contributed by atoms with E-state index in [1.807, 2.05) is 6.92 Å². The molecule has 202 valence electrons. The Kier molecular flexibility index (Phi) is 7.70. The quantitative estimate of drug-likeness (QED) is 0.374. The van der Waals surface area contributed by atoms with Crippen molar-refractivity contribution in [3.8, 4) is 11.5 Å². The van der Waals surface area contributed by atoms with E-state index in [9.17, 15) is 16.8 Å². The summed E-state index contributed by atoms with van der Waals surface area (Å²) in [6, 6.07) is 17.7. The van der Waals surface area contributed by atoms with Gasteiger partial charge in [0.15, 0.2) is 11.5 Å². The molecule has 3 aromatic rings. The van der Waals surface area contributed by atoms with Crippen LogP contribution in [0.3, 0.4) is 0 Å². The lowest BCUT2D eigenvalue weighted by Crippen LogP contribution is -2.41. The van der Waals surface area contributed by atoms with Gasteiger partial charge in [0.1, 0.15) is 0 Å². The Hall–Kier alpha value is -2.63. The van der Waals surface area contributed by atoms with Crippen LogP contribution < -0.4 is 9.47 Å². The summed E-state index contributed by atoms with van der Waals surface area (Å²) in [5.74, 6) is 1.16. The van der Waals surface area contributed by atoms with E-state index in [-0.39, 0.29) is 35.7 Å². The highest BCUT2D eigenvalue weighted by atomic mass is 35.5. The zero-order valence-corrected chi connectivity index (χ0v) is 23.3. The van der Waals surface area contributed by atoms with E-state index in [2.05, 4.69) is 0 Å². The number of sulfonamides is 2. The predicted octanol–water partition coefficient (Wildman–Crippen LogP) is 5.02. The molecule has 1 fully saturated rings. The third kappa shape index (κ3) is 5.41. The van der Waals surface area contributed by atoms with Crippen molar-refractivity contribution in [2.24, 2.45) is 0 Å². The number of nitrogens with zero attached hydrogens (tertiary/aromatic N) is 2. The smallest absolute Gasteiger partial charge is 0.243 e. The first-order chi connectivity index (χ1) is 18.2. The lowest BCUT2D eigenvalue weighted by Gasteiger charge is -2.32. The number of ether oxygens (including phenoxy) is 2. The van der Waals surface area contributed by atoms with Crippen LogP contribution in [-0.2, 0) is 33.1 Å². The average Bonchev–Trinajstić information content (AvgIpc) is 3.38. The molecule has 5 rings (SSSR count). The normalized spacial score (nSPS) is 18.1. The third-order valence-corrected chi connectivity index (χ3v) is 11.1. The van der Waals surface area contributed by atoms with Gasteiger partial charge in [-0.15, -0.1) is 0 Å². The molecule has 3 aromatic carbocycles. The molecule has 0 N–H and O–H groups in total. The van der Waals surface area contributed by atoms with Gasteiger partial charge in [-0.3, -0.25) is 0 Å². The van der Waals surface area contributed by atoms with Gasteiger partial charge in [-0.1, -0.05) is 42.3 Å². The van der Waals surface area contributed by atoms with Crippen LogP contribution >= 0.6 is 11.6 Å². The summed E-state index contributed by atoms with van der Waals surface area (Å²) in [4.78, 5) is 0.0783. The van der Waals surface area contributed by atoms with E-state index in [1.54, 1.807) is 42.5 Å². The maximum Gasteiger partial charge on any atom is 0.243 e. The molecule has 0 spiro atoms. The van der Waals surface area contributed by atoms with E-state index < -0.39 is 20.0 Å². The molecular formula is C27H29ClN2O6S2. The molecule has 0 amide bonds. The molecule has 2 heterocycles. The molecule has 0 unspecified atom stereocenters. The summed E-state index contributed by atoms with van der Waals surface area (Å²) < 4.78 is 67.9. The molecule has 0 saturated carbocycles. The highest BCUT2D eigenvalue weighted by Gasteiger charge is 2.32. The number of halogens is 1. The molecule has 2 aliphatic heterocycles. The summed E-state index contributed by atoms with van der Waals surface area (Å²) in [5, 5.41) is 0.454. The lowest BCUT2D eigenvalue weighted by atomic mass is 10.1. The Morgan fingerprint density at radius 1 is 0.895 bits per heavy atom. The van der Waals surface area contributed by atoms with Crippen LogP contribution in [0.5, 0.6) is 11.5 Å². The van der Waals surface area contributed by atoms with Gasteiger partial charge >= 0.3 is 0 Å². The van der Waals surface area contributed by atoms with Crippen molar-refractivity contribution in [2.75, 3.05) is 13.3 Å². The highest BCUT2D eigenvalue weighted by molar-refractivity contribution is 7.89. The summed E-state index contributed by atoms with van der Waals surface area (Å²) in [6.07, 6.45) is 2.62. The standard InChI is InChI=1S/C27H29ClN2O6S2/c1-20-6-4-5-15-30(20)38(33,34)24-12-10-23(11-13-24)37(31,32)29(18-22-7-2-3-8-25(22)28)17-21-9-14-26-27(16-21)36-19-35-26/h2-3,7-14,16,20H,4-6,15,17-19H2,1H3/t20-/m0/s1. The molecule has 0 bridgehead atoms. The first-order valence-corrected chi connectivity index (χ1v) is 15.7. The van der Waals surface area contributed by atoms with Crippen molar-refractivity contribution in [2.45, 2.75) is 55.1 Å². The Morgan fingerprint density at radius 3 is 2.34 bits per heavy atom. The van der Waals surface area contributed by atoms with Crippen LogP contribution in [0.2, 0.25) is 5.02 Å². The first kappa shape index (κ1) is 27.0. The zero-order chi connectivity index (χ0) is 26.9. The summed E-state index contributed by atoms with van der Waals surface area (Å²) in [7, 11) is -7.75. The van der Waals surface area contributed by atoms with Gasteiger partial charge in [0, 0.05) is 30.7 Å². The zero-order valence-electron chi connectivity index (χ0n) is 20.9. The van der Waals surface area contributed by atoms with Gasteiger partial charge < -0.3 is 9.47 Å². The molecule has 8 nitrogen and oxygen atoms in total. The number of hydrogen-bond donors (Lipinski definition) is 0. The van der Waals surface area contributed by atoms with Crippen molar-refractivity contribution in [3.05, 3.63) is 82.9 Å². The Bertz CT molecular complexity index is 1530. The van der Waals surface area contributed by atoms with Crippen molar-refractivity contribution >= 4 is 31.6 Å². The summed E-state index contributed by atoms with van der Waals surface area (Å²) >= 11 is 6.37. The van der Waals surface area contributed by atoms with E-state index in [1.165, 1.54) is 32.9 Å². The van der Waals surface area contributed by atoms with Crippen molar-refractivity contribution < 1.29 is 26.3 Å². The molecule has 1 atom stereocenters. The van der Waals surface area contributed by atoms with E-state index in [0.717, 1.165) is 19.3 Å². The maximum atomic E-state index is 13.9. The largest absolute Gasteiger partial charge is 0.454 e. The minimum atomic E-state index is -4.03. The molecule has 0 aromatic heterocycles. The van der Waals surface area contributed by atoms with Gasteiger partial charge in [0.2, 0.25) is 26.8 Å². The van der Waals surface area contributed by atoms with E-state index in [4.69, 9.17) is 21.1 Å². The monoisotopic (exact) mass is 576 g/mol. The second kappa shape index (κ2) is 10.9. The Morgan fingerprint density at radius 2 is 1.61 bits per heavy atom. The third-order valence-electron chi connectivity index (χ3n) is 6.91. The number of benzene rings is 3. The lowest BCUT2D eigenvalue weighted by molar-refractivity contribution is 0.174. The van der Waals surface area contributed by atoms with E-state index in [0.29, 0.717) is 34.2 Å². The van der Waals surface area contributed by atoms with Crippen molar-refractivity contribution in [1.29, 1.82) is 0 Å². The predicted molar refractivity (Wildman–Crippen MR) is 144 cm³/mol. The Balaban J connectivity index is 1.46. The first-order valence-electron chi connectivity index (χ1n) is 12.4. The van der Waals surface area contributed by atoms with Crippen LogP contribution in [0.15, 0.2) is 76.5 Å². The minimum Gasteiger partial charge on any atom is -0.454 e. The number of hydrogen-bond acceptors (Lipinski definition) is 6. The van der Waals surface area contributed by atoms with Crippen LogP contribution in [0.25, 0.3) is 0 Å². The number of piperidine rings is 1. The molecule has 0 aliphatic carbocycles. The van der Waals surface area contributed by atoms with Crippen molar-refractivity contribution in [1.82, 2.24) is 8.61 Å². The van der Waals surface area contributed by atoms with Crippen LogP contribution in [-0.4, -0.2) is 44.8 Å². The number of fused-ring (bicyclic) bond motifs is 1. The van der Waals surface area contributed by atoms with Crippen LogP contribution in [0.1, 0.15) is 37.3 Å². The molecular weight excluding hydrogens is 548 g/mol. The highest BCUT2D eigenvalue weighted by Crippen LogP contribution is 2.34. The fraction of sp³-hybridized carbons (Fsp3) is 0.333. The summed E-state index contributed by atoms with van der Waals surface area (Å²) in [5.41, 5.74) is 1.36. The molecule has 0 radical (unpaired) electrons. The topological polar surface area (TPSA) is 93.2 Å². The minimum absolute atomic E-state index is 0.00376. The van der Waals surface area contributed by atoms with Gasteiger partial charge in [0.05, 0.1) is 9.79 Å². The van der Waals surface area contributed by atoms with Crippen molar-refractivity contribution in [3.63, 3.8) is 0 Å². The molecule has 38 heavy (non-hydrogen) atoms. The van der Waals surface area contributed by atoms with Gasteiger partial charge in [-0.2, -0.15) is 8.61 Å². The van der Waals surface area contributed by atoms with Gasteiger partial charge in [-0.05, 0) is 73.4 Å². The van der Waals surface area contributed by atoms with Crippen LogP contribution in [0.4, 0.5) is 0 Å². The molecule has 1 saturated heterocycles. The van der Waals surface area contributed by atoms with Crippen LogP contribution in [0, 0.1) is 0 Å². The molecule has 11 heteroatoms. The SMILES string of the molecule is C[C@H]1CCCCN1S(=O)(=O)c1ccc(S(=O)(=O)N(Cc2ccc3c(c2)OCO3)Cc2ccccc2Cl)cc1. The summed E-state index contributed by atoms with van der Waals surface area (Å²) in [6.45, 7) is 2.56. The van der Waals surface area contributed by atoms with Gasteiger partial charge in [0.25, 0.3) is 0 Å². The second-order valence-electron chi connectivity index (χ2n) is 9.48. The fourth-order valence-electron chi connectivity index (χ4n) is 4.78. The molecule has 2 aliphatic rings. The van der Waals surface area contributed by atoms with E-state index >= 15 is 0 Å². The van der Waals surface area contributed by atoms with Gasteiger partial charge in [-0.25, -0.2) is 16.8 Å². The Labute approximate surface area is 228 Å². The second-order valence-corrected chi connectivity index (χ2v) is 13.7. The fourth-order valence-corrected chi connectivity index (χ4v) is 8.08. The average molecular weight is 577 g/mol. The maximum absolute atomic E-state index is 13.9. The number of rotatable bonds is 8.